The Hall–Kier alpha value is -2.65. The first-order valence-corrected chi connectivity index (χ1v) is 10.6. The maximum absolute atomic E-state index is 12.6. The molecule has 2 heterocycles. The molecule has 0 radical (unpaired) electrons. The van der Waals surface area contributed by atoms with Crippen molar-refractivity contribution in [3.05, 3.63) is 47.1 Å². The third-order valence-electron chi connectivity index (χ3n) is 4.24. The number of hydrogen-bond acceptors (Lipinski definition) is 7. The average molecular weight is 451 g/mol. The predicted molar refractivity (Wildman–Crippen MR) is 116 cm³/mol. The fraction of sp³-hybridized carbons (Fsp3) is 0.350. The van der Waals surface area contributed by atoms with E-state index in [1.165, 1.54) is 26.0 Å². The number of thioether (sulfide) groups is 1. The van der Waals surface area contributed by atoms with Crippen LogP contribution < -0.4 is 14.8 Å². The summed E-state index contributed by atoms with van der Waals surface area (Å²) in [5.41, 5.74) is 0.476. The van der Waals surface area contributed by atoms with Gasteiger partial charge in [0.2, 0.25) is 5.91 Å². The molecule has 0 fully saturated rings. The van der Waals surface area contributed by atoms with E-state index < -0.39 is 0 Å². The Kier molecular flexibility index (Phi) is 7.28. The van der Waals surface area contributed by atoms with Gasteiger partial charge >= 0.3 is 0 Å². The molecule has 10 heteroatoms. The molecular weight excluding hydrogens is 428 g/mol. The van der Waals surface area contributed by atoms with E-state index in [1.54, 1.807) is 18.4 Å². The van der Waals surface area contributed by atoms with Crippen LogP contribution in [0.15, 0.2) is 40.1 Å². The first-order chi connectivity index (χ1) is 14.4. The minimum Gasteiger partial charge on any atom is -0.495 e. The molecule has 0 saturated heterocycles. The Balaban J connectivity index is 1.72. The lowest BCUT2D eigenvalue weighted by molar-refractivity contribution is -0.113. The Labute approximate surface area is 183 Å². The fourth-order valence-corrected chi connectivity index (χ4v) is 3.79. The normalized spacial score (nSPS) is 11.0. The zero-order chi connectivity index (χ0) is 21.7. The van der Waals surface area contributed by atoms with Gasteiger partial charge in [0, 0.05) is 18.1 Å². The van der Waals surface area contributed by atoms with Crippen LogP contribution in [0.4, 0.5) is 5.69 Å². The number of ether oxygens (including phenoxy) is 2. The van der Waals surface area contributed by atoms with Crippen LogP contribution in [0.5, 0.6) is 11.5 Å². The molecule has 8 nitrogen and oxygen atoms in total. The Morgan fingerprint density at radius 3 is 2.67 bits per heavy atom. The van der Waals surface area contributed by atoms with Crippen LogP contribution in [0.25, 0.3) is 0 Å². The van der Waals surface area contributed by atoms with E-state index in [2.05, 4.69) is 15.5 Å². The number of halogens is 1. The standard InChI is InChI=1S/C20H23ClN4O4S/c1-12(2)19-23-24-20(25(19)10-13-6-5-7-29-13)30-11-18(26)22-15-9-16(27-3)14(21)8-17(15)28-4/h5-9,12H,10-11H2,1-4H3,(H,22,26). The molecule has 30 heavy (non-hydrogen) atoms. The van der Waals surface area contributed by atoms with Crippen molar-refractivity contribution in [1.82, 2.24) is 14.8 Å². The summed E-state index contributed by atoms with van der Waals surface area (Å²) in [6.45, 7) is 4.59. The third-order valence-corrected chi connectivity index (χ3v) is 5.50. The summed E-state index contributed by atoms with van der Waals surface area (Å²) in [4.78, 5) is 12.6. The second-order valence-corrected chi connectivity index (χ2v) is 8.03. The van der Waals surface area contributed by atoms with Gasteiger partial charge in [0.25, 0.3) is 0 Å². The smallest absolute Gasteiger partial charge is 0.234 e. The van der Waals surface area contributed by atoms with Gasteiger partial charge in [0.15, 0.2) is 5.16 Å². The second kappa shape index (κ2) is 9.90. The van der Waals surface area contributed by atoms with Gasteiger partial charge in [0.05, 0.1) is 43.5 Å². The van der Waals surface area contributed by atoms with Crippen LogP contribution in [-0.4, -0.2) is 40.6 Å². The van der Waals surface area contributed by atoms with Crippen molar-refractivity contribution in [1.29, 1.82) is 0 Å². The van der Waals surface area contributed by atoms with E-state index >= 15 is 0 Å². The van der Waals surface area contributed by atoms with Crippen molar-refractivity contribution in [3.8, 4) is 11.5 Å². The van der Waals surface area contributed by atoms with Gasteiger partial charge in [0.1, 0.15) is 23.1 Å². The number of amides is 1. The number of carbonyl (C=O) groups is 1. The number of benzene rings is 1. The Morgan fingerprint density at radius 2 is 2.03 bits per heavy atom. The molecule has 0 aliphatic rings. The predicted octanol–water partition coefficient (Wildman–Crippen LogP) is 4.44. The molecule has 0 bridgehead atoms. The van der Waals surface area contributed by atoms with Gasteiger partial charge in [-0.3, -0.25) is 9.36 Å². The highest BCUT2D eigenvalue weighted by Gasteiger charge is 2.18. The average Bonchev–Trinajstić information content (AvgIpc) is 3.37. The number of methoxy groups -OCH3 is 2. The summed E-state index contributed by atoms with van der Waals surface area (Å²) >= 11 is 7.41. The Morgan fingerprint density at radius 1 is 1.27 bits per heavy atom. The van der Waals surface area contributed by atoms with Crippen LogP contribution in [0, 0.1) is 0 Å². The largest absolute Gasteiger partial charge is 0.495 e. The zero-order valence-electron chi connectivity index (χ0n) is 17.1. The monoisotopic (exact) mass is 450 g/mol. The maximum Gasteiger partial charge on any atom is 0.234 e. The van der Waals surface area contributed by atoms with Gasteiger partial charge in [-0.05, 0) is 12.1 Å². The fourth-order valence-electron chi connectivity index (χ4n) is 2.82. The van der Waals surface area contributed by atoms with Gasteiger partial charge in [-0.1, -0.05) is 37.2 Å². The van der Waals surface area contributed by atoms with Crippen molar-refractivity contribution in [2.75, 3.05) is 25.3 Å². The van der Waals surface area contributed by atoms with E-state index in [0.29, 0.717) is 33.9 Å². The van der Waals surface area contributed by atoms with Crippen molar-refractivity contribution in [3.63, 3.8) is 0 Å². The molecular formula is C20H23ClN4O4S. The van der Waals surface area contributed by atoms with Crippen molar-refractivity contribution < 1.29 is 18.7 Å². The molecule has 3 aromatic rings. The van der Waals surface area contributed by atoms with Crippen molar-refractivity contribution in [2.24, 2.45) is 0 Å². The number of aromatic nitrogens is 3. The number of nitrogens with zero attached hydrogens (tertiary/aromatic N) is 3. The van der Waals surface area contributed by atoms with E-state index in [9.17, 15) is 4.79 Å². The first-order valence-electron chi connectivity index (χ1n) is 9.22. The molecule has 1 N–H and O–H groups in total. The quantitative estimate of drug-likeness (QED) is 0.481. The maximum atomic E-state index is 12.6. The summed E-state index contributed by atoms with van der Waals surface area (Å²) in [6, 6.07) is 6.95. The molecule has 0 aliphatic carbocycles. The molecule has 0 atom stereocenters. The zero-order valence-corrected chi connectivity index (χ0v) is 18.7. The van der Waals surface area contributed by atoms with Gasteiger partial charge in [-0.2, -0.15) is 0 Å². The minimum atomic E-state index is -0.221. The van der Waals surface area contributed by atoms with Crippen LogP contribution in [-0.2, 0) is 11.3 Å². The molecule has 1 amide bonds. The summed E-state index contributed by atoms with van der Waals surface area (Å²) in [7, 11) is 3.01. The summed E-state index contributed by atoms with van der Waals surface area (Å²) in [6.07, 6.45) is 1.63. The van der Waals surface area contributed by atoms with E-state index in [4.69, 9.17) is 25.5 Å². The van der Waals surface area contributed by atoms with Gasteiger partial charge in [-0.15, -0.1) is 10.2 Å². The van der Waals surface area contributed by atoms with E-state index in [0.717, 1.165) is 11.6 Å². The lowest BCUT2D eigenvalue weighted by Gasteiger charge is -2.13. The van der Waals surface area contributed by atoms with Crippen molar-refractivity contribution in [2.45, 2.75) is 31.5 Å². The lowest BCUT2D eigenvalue weighted by atomic mass is 10.2. The SMILES string of the molecule is COc1cc(NC(=O)CSc2nnc(C(C)C)n2Cc2ccco2)c(OC)cc1Cl. The van der Waals surface area contributed by atoms with Crippen molar-refractivity contribution >= 4 is 35.0 Å². The highest BCUT2D eigenvalue weighted by atomic mass is 35.5. The Bertz CT molecular complexity index is 1000. The molecule has 1 aromatic carbocycles. The van der Waals surface area contributed by atoms with Crippen LogP contribution >= 0.6 is 23.4 Å². The molecule has 160 valence electrons. The van der Waals surface area contributed by atoms with Crippen LogP contribution in [0.3, 0.4) is 0 Å². The second-order valence-electron chi connectivity index (χ2n) is 6.68. The summed E-state index contributed by atoms with van der Waals surface area (Å²) < 4.78 is 17.9. The summed E-state index contributed by atoms with van der Waals surface area (Å²) in [5, 5.41) is 12.4. The third kappa shape index (κ3) is 5.09. The first kappa shape index (κ1) is 22.0. The van der Waals surface area contributed by atoms with Gasteiger partial charge < -0.3 is 19.2 Å². The molecule has 0 aliphatic heterocycles. The highest BCUT2D eigenvalue weighted by molar-refractivity contribution is 7.99. The number of carbonyl (C=O) groups excluding carboxylic acids is 1. The number of hydrogen-bond donors (Lipinski definition) is 1. The van der Waals surface area contributed by atoms with Crippen LogP contribution in [0.2, 0.25) is 5.02 Å². The number of rotatable bonds is 9. The topological polar surface area (TPSA) is 91.4 Å². The molecule has 0 spiro atoms. The molecule has 3 rings (SSSR count). The number of nitrogens with one attached hydrogen (secondary N) is 1. The minimum absolute atomic E-state index is 0.141. The number of furan rings is 1. The van der Waals surface area contributed by atoms with Crippen LogP contribution in [0.1, 0.15) is 31.4 Å². The molecule has 0 saturated carbocycles. The lowest BCUT2D eigenvalue weighted by Crippen LogP contribution is -2.16. The van der Waals surface area contributed by atoms with Gasteiger partial charge in [-0.25, -0.2) is 0 Å². The van der Waals surface area contributed by atoms with E-state index in [1.807, 2.05) is 30.5 Å². The van der Waals surface area contributed by atoms with E-state index in [-0.39, 0.29) is 17.6 Å². The highest BCUT2D eigenvalue weighted by Crippen LogP contribution is 2.36. The molecule has 2 aromatic heterocycles. The molecule has 0 unspecified atom stereocenters. The number of anilines is 1. The summed E-state index contributed by atoms with van der Waals surface area (Å²) in [5.74, 6) is 2.62.